The summed E-state index contributed by atoms with van der Waals surface area (Å²) in [4.78, 5) is 50.8. The number of benzene rings is 1. The molecule has 0 bridgehead atoms. The van der Waals surface area contributed by atoms with Gasteiger partial charge in [0, 0.05) is 31.1 Å². The Balaban J connectivity index is 0.00000408. The van der Waals surface area contributed by atoms with E-state index in [1.54, 1.807) is 35.2 Å². The topological polar surface area (TPSA) is 128 Å². The average molecular weight is 495 g/mol. The van der Waals surface area contributed by atoms with Gasteiger partial charge in [-0.05, 0) is 63.2 Å². The zero-order valence-electron chi connectivity index (χ0n) is 19.3. The van der Waals surface area contributed by atoms with Crippen molar-refractivity contribution in [2.45, 2.75) is 57.0 Å². The third-order valence-corrected chi connectivity index (χ3v) is 6.39. The van der Waals surface area contributed by atoms with Gasteiger partial charge in [-0.3, -0.25) is 14.4 Å². The fourth-order valence-electron chi connectivity index (χ4n) is 4.48. The molecule has 2 aliphatic heterocycles. The first kappa shape index (κ1) is 27.6. The Labute approximate surface area is 206 Å². The molecule has 0 saturated carbocycles. The van der Waals surface area contributed by atoms with Crippen LogP contribution < -0.4 is 16.0 Å². The summed E-state index contributed by atoms with van der Waals surface area (Å²) < 4.78 is 0. The van der Waals surface area contributed by atoms with Crippen LogP contribution in [0.1, 0.15) is 55.3 Å². The van der Waals surface area contributed by atoms with E-state index in [2.05, 4.69) is 16.0 Å². The Kier molecular flexibility index (Phi) is 11.3. The molecule has 0 radical (unpaired) electrons. The fourth-order valence-corrected chi connectivity index (χ4v) is 4.48. The van der Waals surface area contributed by atoms with Gasteiger partial charge in [-0.25, -0.2) is 4.79 Å². The molecule has 3 amide bonds. The molecular weight excluding hydrogens is 460 g/mol. The number of halogens is 1. The normalized spacial score (nSPS) is 19.4. The SMILES string of the molecule is Cl.O=C(C[C@H](NC(=O)c1ccccc1)C(=O)O)NC1CCCN(C(=O)CCC2CCNCC2)C1. The Morgan fingerprint density at radius 3 is 2.47 bits per heavy atom. The summed E-state index contributed by atoms with van der Waals surface area (Å²) in [5, 5.41) is 18.0. The molecule has 1 unspecified atom stereocenters. The maximum Gasteiger partial charge on any atom is 0.326 e. The molecule has 2 aliphatic rings. The number of aliphatic carboxylic acids is 1. The molecule has 4 N–H and O–H groups in total. The molecule has 2 atom stereocenters. The van der Waals surface area contributed by atoms with Crippen molar-refractivity contribution >= 4 is 36.1 Å². The minimum absolute atomic E-state index is 0. The lowest BCUT2D eigenvalue weighted by atomic mass is 9.93. The minimum atomic E-state index is -1.33. The molecule has 1 aromatic rings. The summed E-state index contributed by atoms with van der Waals surface area (Å²) in [5.41, 5.74) is 0.329. The number of nitrogens with zero attached hydrogens (tertiary/aromatic N) is 1. The molecule has 0 aromatic heterocycles. The fraction of sp³-hybridized carbons (Fsp3) is 0.583. The third-order valence-electron chi connectivity index (χ3n) is 6.39. The molecule has 1 aromatic carbocycles. The van der Waals surface area contributed by atoms with Gasteiger partial charge in [0.1, 0.15) is 6.04 Å². The number of amides is 3. The van der Waals surface area contributed by atoms with E-state index in [-0.39, 0.29) is 30.8 Å². The lowest BCUT2D eigenvalue weighted by Gasteiger charge is -2.34. The van der Waals surface area contributed by atoms with Crippen LogP contribution in [0, 0.1) is 5.92 Å². The van der Waals surface area contributed by atoms with Crippen LogP contribution in [0.5, 0.6) is 0 Å². The molecule has 10 heteroatoms. The molecule has 2 heterocycles. The van der Waals surface area contributed by atoms with E-state index in [0.29, 0.717) is 31.0 Å². The van der Waals surface area contributed by atoms with E-state index in [0.717, 1.165) is 45.2 Å². The van der Waals surface area contributed by atoms with E-state index in [1.165, 1.54) is 0 Å². The van der Waals surface area contributed by atoms with Crippen molar-refractivity contribution < 1.29 is 24.3 Å². The first-order valence-corrected chi connectivity index (χ1v) is 11.8. The average Bonchev–Trinajstić information content (AvgIpc) is 2.83. The van der Waals surface area contributed by atoms with E-state index < -0.39 is 23.8 Å². The first-order chi connectivity index (χ1) is 15.9. The van der Waals surface area contributed by atoms with Crippen LogP contribution in [0.2, 0.25) is 0 Å². The highest BCUT2D eigenvalue weighted by Gasteiger charge is 2.28. The predicted octanol–water partition coefficient (Wildman–Crippen LogP) is 1.57. The Morgan fingerprint density at radius 2 is 1.79 bits per heavy atom. The second-order valence-corrected chi connectivity index (χ2v) is 8.91. The summed E-state index contributed by atoms with van der Waals surface area (Å²) >= 11 is 0. The number of carbonyl (C=O) groups is 4. The summed E-state index contributed by atoms with van der Waals surface area (Å²) in [7, 11) is 0. The quantitative estimate of drug-likeness (QED) is 0.412. The van der Waals surface area contributed by atoms with Crippen LogP contribution >= 0.6 is 12.4 Å². The van der Waals surface area contributed by atoms with Gasteiger partial charge < -0.3 is 26.0 Å². The van der Waals surface area contributed by atoms with Crippen molar-refractivity contribution in [2.24, 2.45) is 5.92 Å². The Morgan fingerprint density at radius 1 is 1.09 bits per heavy atom. The highest BCUT2D eigenvalue weighted by Crippen LogP contribution is 2.20. The molecule has 188 valence electrons. The molecule has 0 spiro atoms. The number of nitrogens with one attached hydrogen (secondary N) is 3. The number of carbonyl (C=O) groups excluding carboxylic acids is 3. The van der Waals surface area contributed by atoms with Gasteiger partial charge in [0.2, 0.25) is 11.8 Å². The predicted molar refractivity (Wildman–Crippen MR) is 130 cm³/mol. The van der Waals surface area contributed by atoms with E-state index in [4.69, 9.17) is 0 Å². The number of hydrogen-bond acceptors (Lipinski definition) is 5. The van der Waals surface area contributed by atoms with Crippen molar-refractivity contribution in [2.75, 3.05) is 26.2 Å². The minimum Gasteiger partial charge on any atom is -0.480 e. The summed E-state index contributed by atoms with van der Waals surface area (Å²) in [6, 6.07) is 6.72. The zero-order chi connectivity index (χ0) is 23.6. The maximum absolute atomic E-state index is 12.7. The van der Waals surface area contributed by atoms with E-state index in [9.17, 15) is 24.3 Å². The second-order valence-electron chi connectivity index (χ2n) is 8.91. The highest BCUT2D eigenvalue weighted by atomic mass is 35.5. The first-order valence-electron chi connectivity index (χ1n) is 11.8. The smallest absolute Gasteiger partial charge is 0.326 e. The van der Waals surface area contributed by atoms with Crippen LogP contribution in [-0.4, -0.2) is 72.0 Å². The molecular formula is C24H35ClN4O5. The lowest BCUT2D eigenvalue weighted by molar-refractivity contribution is -0.141. The third kappa shape index (κ3) is 8.61. The largest absolute Gasteiger partial charge is 0.480 e. The number of likely N-dealkylation sites (tertiary alicyclic amines) is 1. The van der Waals surface area contributed by atoms with Crippen LogP contribution in [0.4, 0.5) is 0 Å². The number of rotatable bonds is 9. The maximum atomic E-state index is 12.7. The summed E-state index contributed by atoms with van der Waals surface area (Å²) in [5.74, 6) is -1.56. The molecule has 9 nitrogen and oxygen atoms in total. The van der Waals surface area contributed by atoms with Crippen LogP contribution in [0.3, 0.4) is 0 Å². The molecule has 34 heavy (non-hydrogen) atoms. The van der Waals surface area contributed by atoms with E-state index >= 15 is 0 Å². The van der Waals surface area contributed by atoms with Gasteiger partial charge in [0.15, 0.2) is 0 Å². The van der Waals surface area contributed by atoms with Crippen molar-refractivity contribution in [3.05, 3.63) is 35.9 Å². The van der Waals surface area contributed by atoms with Gasteiger partial charge in [-0.2, -0.15) is 0 Å². The van der Waals surface area contributed by atoms with Crippen molar-refractivity contribution in [3.63, 3.8) is 0 Å². The van der Waals surface area contributed by atoms with Crippen molar-refractivity contribution in [3.8, 4) is 0 Å². The summed E-state index contributed by atoms with van der Waals surface area (Å²) in [6.45, 7) is 3.15. The van der Waals surface area contributed by atoms with Gasteiger partial charge in [-0.1, -0.05) is 18.2 Å². The Hall–Kier alpha value is -2.65. The zero-order valence-corrected chi connectivity index (χ0v) is 20.1. The van der Waals surface area contributed by atoms with E-state index in [1.807, 2.05) is 0 Å². The van der Waals surface area contributed by atoms with Gasteiger partial charge >= 0.3 is 5.97 Å². The van der Waals surface area contributed by atoms with Crippen molar-refractivity contribution in [1.82, 2.24) is 20.9 Å². The number of carboxylic acids is 1. The Bertz CT molecular complexity index is 832. The lowest BCUT2D eigenvalue weighted by Crippen LogP contribution is -2.51. The molecule has 0 aliphatic carbocycles. The standard InChI is InChI=1S/C24H34N4O5.ClH/c29-21(15-20(24(32)33)27-23(31)18-5-2-1-3-6-18)26-19-7-4-14-28(16-19)22(30)9-8-17-10-12-25-13-11-17;/h1-3,5-6,17,19-20,25H,4,7-16H2,(H,26,29)(H,27,31)(H,32,33);1H/t19?,20-;/m0./s1. The van der Waals surface area contributed by atoms with Gasteiger partial charge in [0.25, 0.3) is 5.91 Å². The number of hydrogen-bond donors (Lipinski definition) is 4. The van der Waals surface area contributed by atoms with Crippen LogP contribution in [-0.2, 0) is 14.4 Å². The van der Waals surface area contributed by atoms with Crippen molar-refractivity contribution in [1.29, 1.82) is 0 Å². The second kappa shape index (κ2) is 13.9. The monoisotopic (exact) mass is 494 g/mol. The highest BCUT2D eigenvalue weighted by molar-refractivity contribution is 5.97. The molecule has 2 fully saturated rings. The molecule has 3 rings (SSSR count). The number of carboxylic acid groups (broad SMARTS) is 1. The number of piperidine rings is 2. The van der Waals surface area contributed by atoms with Crippen LogP contribution in [0.25, 0.3) is 0 Å². The van der Waals surface area contributed by atoms with Crippen LogP contribution in [0.15, 0.2) is 30.3 Å². The van der Waals surface area contributed by atoms with Gasteiger partial charge in [-0.15, -0.1) is 12.4 Å². The summed E-state index contributed by atoms with van der Waals surface area (Å²) in [6.07, 6.45) is 4.80. The molecule has 2 saturated heterocycles. The van der Waals surface area contributed by atoms with Gasteiger partial charge in [0.05, 0.1) is 6.42 Å².